The van der Waals surface area contributed by atoms with Crippen LogP contribution in [0.15, 0.2) is 52.1 Å². The first-order chi connectivity index (χ1) is 14.5. The molecular weight excluding hydrogens is 386 g/mol. The van der Waals surface area contributed by atoms with Crippen LogP contribution >= 0.6 is 0 Å². The average molecular weight is 413 g/mol. The first-order valence-corrected chi connectivity index (χ1v) is 10.0. The summed E-state index contributed by atoms with van der Waals surface area (Å²) < 4.78 is 16.3. The fourth-order valence-corrected chi connectivity index (χ4v) is 3.53. The maximum atomic E-state index is 13.2. The van der Waals surface area contributed by atoms with Gasteiger partial charge in [-0.3, -0.25) is 9.59 Å². The summed E-state index contributed by atoms with van der Waals surface area (Å²) in [6, 6.07) is 9.74. The number of carbonyl (C=O) groups is 2. The molecular formula is C23H27NO6. The average Bonchev–Trinajstić information content (AvgIpc) is 3.29. The minimum Gasteiger partial charge on any atom is -0.503 e. The maximum Gasteiger partial charge on any atom is 0.290 e. The highest BCUT2D eigenvalue weighted by atomic mass is 16.5. The van der Waals surface area contributed by atoms with E-state index in [2.05, 4.69) is 0 Å². The number of ketones is 1. The summed E-state index contributed by atoms with van der Waals surface area (Å²) in [5.74, 6) is -0.326. The number of aryl methyl sites for hydroxylation is 1. The summed E-state index contributed by atoms with van der Waals surface area (Å²) in [7, 11) is 1.59. The molecule has 0 spiro atoms. The molecule has 1 amide bonds. The smallest absolute Gasteiger partial charge is 0.290 e. The zero-order chi connectivity index (χ0) is 21.7. The summed E-state index contributed by atoms with van der Waals surface area (Å²) in [5.41, 5.74) is 0.699. The molecule has 1 aliphatic heterocycles. The van der Waals surface area contributed by atoms with Crippen molar-refractivity contribution in [3.8, 4) is 5.75 Å². The van der Waals surface area contributed by atoms with Crippen LogP contribution < -0.4 is 4.74 Å². The largest absolute Gasteiger partial charge is 0.503 e. The Balaban J connectivity index is 2.02. The number of carbonyl (C=O) groups excluding carboxylic acids is 2. The number of rotatable bonds is 10. The molecule has 30 heavy (non-hydrogen) atoms. The van der Waals surface area contributed by atoms with Crippen LogP contribution in [0.25, 0.3) is 0 Å². The molecule has 0 saturated carbocycles. The fraction of sp³-hybridized carbons (Fsp3) is 0.391. The van der Waals surface area contributed by atoms with Crippen LogP contribution in [-0.2, 0) is 9.53 Å². The molecule has 2 aromatic rings. The minimum atomic E-state index is -0.738. The van der Waals surface area contributed by atoms with E-state index >= 15 is 0 Å². The predicted octanol–water partition coefficient (Wildman–Crippen LogP) is 3.99. The zero-order valence-corrected chi connectivity index (χ0v) is 17.5. The van der Waals surface area contributed by atoms with E-state index in [0.717, 1.165) is 6.42 Å². The van der Waals surface area contributed by atoms with Crippen molar-refractivity contribution in [3.63, 3.8) is 0 Å². The van der Waals surface area contributed by atoms with Crippen molar-refractivity contribution in [3.05, 3.63) is 64.8 Å². The van der Waals surface area contributed by atoms with E-state index in [9.17, 15) is 14.7 Å². The highest BCUT2D eigenvalue weighted by Crippen LogP contribution is 2.40. The van der Waals surface area contributed by atoms with E-state index in [0.29, 0.717) is 43.3 Å². The van der Waals surface area contributed by atoms with Crippen LogP contribution in [0.1, 0.15) is 47.7 Å². The second-order valence-electron chi connectivity index (χ2n) is 7.17. The molecule has 3 rings (SSSR count). The Bertz CT molecular complexity index is 945. The molecule has 7 heteroatoms. The van der Waals surface area contributed by atoms with Gasteiger partial charge in [0.25, 0.3) is 5.91 Å². The van der Waals surface area contributed by atoms with Gasteiger partial charge in [-0.1, -0.05) is 19.1 Å². The van der Waals surface area contributed by atoms with E-state index in [4.69, 9.17) is 13.9 Å². The number of hydrogen-bond acceptors (Lipinski definition) is 6. The van der Waals surface area contributed by atoms with Gasteiger partial charge in [-0.2, -0.15) is 0 Å². The molecule has 7 nitrogen and oxygen atoms in total. The van der Waals surface area contributed by atoms with Crippen molar-refractivity contribution in [2.24, 2.45) is 0 Å². The number of furan rings is 1. The third-order valence-electron chi connectivity index (χ3n) is 4.91. The molecule has 160 valence electrons. The molecule has 0 bridgehead atoms. The summed E-state index contributed by atoms with van der Waals surface area (Å²) in [4.78, 5) is 27.5. The second-order valence-corrected chi connectivity index (χ2v) is 7.17. The van der Waals surface area contributed by atoms with Crippen molar-refractivity contribution in [1.29, 1.82) is 0 Å². The van der Waals surface area contributed by atoms with Crippen molar-refractivity contribution in [1.82, 2.24) is 4.90 Å². The van der Waals surface area contributed by atoms with Crippen LogP contribution in [0.2, 0.25) is 0 Å². The fourth-order valence-electron chi connectivity index (χ4n) is 3.53. The molecule has 1 aromatic carbocycles. The maximum absolute atomic E-state index is 13.2. The Morgan fingerprint density at radius 1 is 1.23 bits per heavy atom. The lowest BCUT2D eigenvalue weighted by atomic mass is 9.95. The zero-order valence-electron chi connectivity index (χ0n) is 17.5. The number of methoxy groups -OCH3 is 1. The molecule has 0 fully saturated rings. The number of aliphatic hydroxyl groups is 1. The number of nitrogens with zero attached hydrogens (tertiary/aromatic N) is 1. The third-order valence-corrected chi connectivity index (χ3v) is 4.91. The standard InChI is InChI=1S/C23H27NO6/c1-4-12-29-17-8-5-7-16(14-17)20-19(21(25)18-10-9-15(2)30-18)22(26)23(27)24(20)11-6-13-28-3/h5,7-10,14,20,26H,4,6,11-13H2,1-3H3. The molecule has 1 aliphatic rings. The number of ether oxygens (including phenoxy) is 2. The number of amides is 1. The van der Waals surface area contributed by atoms with Crippen molar-refractivity contribution in [2.75, 3.05) is 26.9 Å². The highest BCUT2D eigenvalue weighted by molar-refractivity contribution is 6.15. The summed E-state index contributed by atoms with van der Waals surface area (Å²) >= 11 is 0. The van der Waals surface area contributed by atoms with E-state index in [1.165, 1.54) is 4.90 Å². The van der Waals surface area contributed by atoms with Gasteiger partial charge in [0.15, 0.2) is 11.5 Å². The number of Topliss-reactive ketones (excluding diaryl/α,β-unsaturated/α-hetero) is 1. The van der Waals surface area contributed by atoms with Gasteiger partial charge in [0, 0.05) is 20.3 Å². The molecule has 1 atom stereocenters. The van der Waals surface area contributed by atoms with E-state index < -0.39 is 23.5 Å². The monoisotopic (exact) mass is 413 g/mol. The van der Waals surface area contributed by atoms with Crippen LogP contribution in [0.4, 0.5) is 0 Å². The number of hydrogen-bond donors (Lipinski definition) is 1. The first kappa shape index (κ1) is 21.6. The lowest BCUT2D eigenvalue weighted by Crippen LogP contribution is -2.32. The van der Waals surface area contributed by atoms with Gasteiger partial charge < -0.3 is 23.9 Å². The SMILES string of the molecule is CCCOc1cccc(C2C(C(=O)c3ccc(C)o3)=C(O)C(=O)N2CCCOC)c1. The summed E-state index contributed by atoms with van der Waals surface area (Å²) in [6.07, 6.45) is 1.43. The Labute approximate surface area is 175 Å². The number of aliphatic hydroxyl groups excluding tert-OH is 1. The van der Waals surface area contributed by atoms with Crippen LogP contribution in [0.3, 0.4) is 0 Å². The van der Waals surface area contributed by atoms with Crippen molar-refractivity contribution < 1.29 is 28.6 Å². The molecule has 2 heterocycles. The molecule has 0 radical (unpaired) electrons. The lowest BCUT2D eigenvalue weighted by molar-refractivity contribution is -0.129. The molecule has 0 aliphatic carbocycles. The first-order valence-electron chi connectivity index (χ1n) is 10.0. The van der Waals surface area contributed by atoms with Gasteiger partial charge in [-0.05, 0) is 49.6 Å². The van der Waals surface area contributed by atoms with Gasteiger partial charge in [0.05, 0.1) is 18.2 Å². The van der Waals surface area contributed by atoms with E-state index in [1.807, 2.05) is 25.1 Å². The normalized spacial score (nSPS) is 16.4. The topological polar surface area (TPSA) is 89.2 Å². The Morgan fingerprint density at radius 3 is 2.70 bits per heavy atom. The molecule has 1 aromatic heterocycles. The molecule has 1 unspecified atom stereocenters. The van der Waals surface area contributed by atoms with Gasteiger partial charge >= 0.3 is 0 Å². The Hall–Kier alpha value is -3.06. The van der Waals surface area contributed by atoms with Gasteiger partial charge in [-0.15, -0.1) is 0 Å². The summed E-state index contributed by atoms with van der Waals surface area (Å²) in [6.45, 7) is 5.09. The van der Waals surface area contributed by atoms with Crippen LogP contribution in [-0.4, -0.2) is 48.6 Å². The molecule has 0 saturated heterocycles. The quantitative estimate of drug-likeness (QED) is 0.468. The highest BCUT2D eigenvalue weighted by Gasteiger charge is 2.44. The van der Waals surface area contributed by atoms with E-state index in [1.54, 1.807) is 32.2 Å². The van der Waals surface area contributed by atoms with Crippen molar-refractivity contribution in [2.45, 2.75) is 32.7 Å². The van der Waals surface area contributed by atoms with Crippen LogP contribution in [0, 0.1) is 6.92 Å². The molecule has 1 N–H and O–H groups in total. The Kier molecular flexibility index (Phi) is 6.95. The Morgan fingerprint density at radius 2 is 2.03 bits per heavy atom. The third kappa shape index (κ3) is 4.41. The predicted molar refractivity (Wildman–Crippen MR) is 111 cm³/mol. The van der Waals surface area contributed by atoms with Crippen LogP contribution in [0.5, 0.6) is 5.75 Å². The van der Waals surface area contributed by atoms with Gasteiger partial charge in [0.1, 0.15) is 11.5 Å². The van der Waals surface area contributed by atoms with Gasteiger partial charge in [0.2, 0.25) is 5.78 Å². The minimum absolute atomic E-state index is 0.0133. The van der Waals surface area contributed by atoms with E-state index in [-0.39, 0.29) is 11.3 Å². The van der Waals surface area contributed by atoms with Crippen molar-refractivity contribution >= 4 is 11.7 Å². The summed E-state index contributed by atoms with van der Waals surface area (Å²) in [5, 5.41) is 10.6. The van der Waals surface area contributed by atoms with Gasteiger partial charge in [-0.25, -0.2) is 0 Å². The number of benzene rings is 1. The second kappa shape index (κ2) is 9.63. The lowest BCUT2D eigenvalue weighted by Gasteiger charge is -2.27.